The second-order valence-corrected chi connectivity index (χ2v) is 8.02. The minimum Gasteiger partial charge on any atom is -0.276 e. The van der Waals surface area contributed by atoms with Gasteiger partial charge in [-0.1, -0.05) is 40.5 Å². The minimum absolute atomic E-state index is 0.691. The van der Waals surface area contributed by atoms with Crippen LogP contribution in [-0.2, 0) is 7.05 Å². The summed E-state index contributed by atoms with van der Waals surface area (Å²) >= 11 is 0. The molecule has 1 aliphatic carbocycles. The lowest BCUT2D eigenvalue weighted by atomic mass is 9.81. The number of aromatic nitrogens is 2. The Morgan fingerprint density at radius 1 is 1.13 bits per heavy atom. The summed E-state index contributed by atoms with van der Waals surface area (Å²) in [6.45, 7) is 9.56. The van der Waals surface area contributed by atoms with Crippen molar-refractivity contribution < 1.29 is 0 Å². The molecular formula is C21H38N2. The molecule has 4 unspecified atom stereocenters. The van der Waals surface area contributed by atoms with Gasteiger partial charge in [0.2, 0.25) is 0 Å². The van der Waals surface area contributed by atoms with Crippen molar-refractivity contribution >= 4 is 0 Å². The van der Waals surface area contributed by atoms with Crippen LogP contribution < -0.4 is 0 Å². The van der Waals surface area contributed by atoms with Crippen molar-refractivity contribution in [2.45, 2.75) is 85.0 Å². The molecule has 0 aliphatic heterocycles. The van der Waals surface area contributed by atoms with Crippen LogP contribution in [0.25, 0.3) is 0 Å². The van der Waals surface area contributed by atoms with Gasteiger partial charge in [-0.25, -0.2) is 0 Å². The molecule has 2 heteroatoms. The Bertz CT molecular complexity index is 450. The Morgan fingerprint density at radius 3 is 2.43 bits per heavy atom. The summed E-state index contributed by atoms with van der Waals surface area (Å²) in [6, 6.07) is 0. The summed E-state index contributed by atoms with van der Waals surface area (Å²) in [5.74, 6) is 4.62. The van der Waals surface area contributed by atoms with Gasteiger partial charge in [-0.15, -0.1) is 0 Å². The van der Waals surface area contributed by atoms with E-state index in [4.69, 9.17) is 0 Å². The summed E-state index contributed by atoms with van der Waals surface area (Å²) in [5.41, 5.74) is 1.43. The number of rotatable bonds is 11. The molecule has 5 atom stereocenters. The van der Waals surface area contributed by atoms with Gasteiger partial charge in [-0.3, -0.25) is 4.68 Å². The van der Waals surface area contributed by atoms with Crippen molar-refractivity contribution in [2.75, 3.05) is 0 Å². The van der Waals surface area contributed by atoms with Gasteiger partial charge in [0.15, 0.2) is 0 Å². The molecule has 0 N–H and O–H groups in total. The summed E-state index contributed by atoms with van der Waals surface area (Å²) < 4.78 is 1.94. The Balaban J connectivity index is 1.75. The van der Waals surface area contributed by atoms with Crippen LogP contribution in [0.2, 0.25) is 0 Å². The van der Waals surface area contributed by atoms with Crippen LogP contribution in [0.4, 0.5) is 0 Å². The molecule has 132 valence electrons. The Morgan fingerprint density at radius 2 is 1.91 bits per heavy atom. The molecule has 1 fully saturated rings. The molecular weight excluding hydrogens is 280 g/mol. The van der Waals surface area contributed by atoms with Crippen molar-refractivity contribution in [3.8, 4) is 0 Å². The second-order valence-electron chi connectivity index (χ2n) is 8.02. The maximum absolute atomic E-state index is 4.35. The molecule has 23 heavy (non-hydrogen) atoms. The fraction of sp³-hybridized carbons (Fsp3) is 0.857. The third-order valence-electron chi connectivity index (χ3n) is 6.49. The lowest BCUT2D eigenvalue weighted by Gasteiger charge is -2.24. The number of hydrogen-bond acceptors (Lipinski definition) is 1. The highest BCUT2D eigenvalue weighted by atomic mass is 15.2. The van der Waals surface area contributed by atoms with Crippen molar-refractivity contribution in [1.82, 2.24) is 9.78 Å². The molecule has 0 spiro atoms. The van der Waals surface area contributed by atoms with Crippen LogP contribution in [0, 0.1) is 23.7 Å². The molecule has 1 saturated carbocycles. The number of aryl methyl sites for hydroxylation is 1. The third-order valence-corrected chi connectivity index (χ3v) is 6.49. The molecule has 1 aromatic heterocycles. The average Bonchev–Trinajstić information content (AvgIpc) is 3.19. The average molecular weight is 319 g/mol. The van der Waals surface area contributed by atoms with Crippen LogP contribution in [0.15, 0.2) is 12.4 Å². The van der Waals surface area contributed by atoms with Crippen LogP contribution in [0.1, 0.15) is 90.5 Å². The zero-order valence-corrected chi connectivity index (χ0v) is 16.1. The largest absolute Gasteiger partial charge is 0.276 e. The fourth-order valence-corrected chi connectivity index (χ4v) is 4.44. The van der Waals surface area contributed by atoms with Gasteiger partial charge >= 0.3 is 0 Å². The molecule has 2 nitrogen and oxygen atoms in total. The predicted octanol–water partition coefficient (Wildman–Crippen LogP) is 6.18. The number of nitrogens with zero attached hydrogens (tertiary/aromatic N) is 2. The van der Waals surface area contributed by atoms with Gasteiger partial charge in [-0.2, -0.15) is 5.10 Å². The van der Waals surface area contributed by atoms with E-state index in [-0.39, 0.29) is 0 Å². The topological polar surface area (TPSA) is 17.8 Å². The quantitative estimate of drug-likeness (QED) is 0.476. The van der Waals surface area contributed by atoms with Gasteiger partial charge in [0.1, 0.15) is 0 Å². The molecule has 0 bridgehead atoms. The molecule has 0 radical (unpaired) electrons. The first-order chi connectivity index (χ1) is 11.1. The minimum atomic E-state index is 0.691. The lowest BCUT2D eigenvalue weighted by molar-refractivity contribution is 0.283. The first-order valence-corrected chi connectivity index (χ1v) is 10.1. The normalized spacial score (nSPS) is 24.4. The van der Waals surface area contributed by atoms with Gasteiger partial charge in [0, 0.05) is 13.2 Å². The second kappa shape index (κ2) is 8.89. The van der Waals surface area contributed by atoms with E-state index >= 15 is 0 Å². The van der Waals surface area contributed by atoms with Gasteiger partial charge < -0.3 is 0 Å². The summed E-state index contributed by atoms with van der Waals surface area (Å²) in [7, 11) is 2.02. The first-order valence-electron chi connectivity index (χ1n) is 10.1. The summed E-state index contributed by atoms with van der Waals surface area (Å²) in [5, 5.41) is 4.35. The van der Waals surface area contributed by atoms with E-state index in [1.54, 1.807) is 0 Å². The third kappa shape index (κ3) is 5.36. The molecule has 1 aliphatic rings. The zero-order chi connectivity index (χ0) is 16.8. The molecule has 0 amide bonds. The van der Waals surface area contributed by atoms with Crippen molar-refractivity contribution in [2.24, 2.45) is 30.7 Å². The van der Waals surface area contributed by atoms with Crippen LogP contribution >= 0.6 is 0 Å². The van der Waals surface area contributed by atoms with Crippen LogP contribution in [-0.4, -0.2) is 9.78 Å². The predicted molar refractivity (Wildman–Crippen MR) is 99.5 cm³/mol. The van der Waals surface area contributed by atoms with Gasteiger partial charge in [-0.05, 0) is 73.7 Å². The summed E-state index contributed by atoms with van der Waals surface area (Å²) in [4.78, 5) is 0. The van der Waals surface area contributed by atoms with E-state index in [1.165, 1.54) is 56.9 Å². The SMILES string of the molecule is CCC(CCC1CC1CC)C(C)CC[C@H](CC)c1cnn(C)c1. The van der Waals surface area contributed by atoms with E-state index in [0.717, 1.165) is 23.7 Å². The fourth-order valence-electron chi connectivity index (χ4n) is 4.44. The standard InChI is InChI=1S/C21H38N2/c1-6-17(11-12-20-13-19(20)8-3)16(4)9-10-18(7-2)21-14-22-23(5)15-21/h14-20H,6-13H2,1-5H3/t16?,17?,18-,19?,20?/m0/s1. The Hall–Kier alpha value is -0.790. The van der Waals surface area contributed by atoms with Crippen molar-refractivity contribution in [1.29, 1.82) is 0 Å². The van der Waals surface area contributed by atoms with Crippen LogP contribution in [0.5, 0.6) is 0 Å². The smallest absolute Gasteiger partial charge is 0.0524 e. The molecule has 2 rings (SSSR count). The summed E-state index contributed by atoms with van der Waals surface area (Å²) in [6.07, 6.45) is 15.4. The van der Waals surface area contributed by atoms with E-state index in [9.17, 15) is 0 Å². The Labute approximate surface area is 144 Å². The molecule has 1 aromatic rings. The maximum Gasteiger partial charge on any atom is 0.0524 e. The van der Waals surface area contributed by atoms with Crippen LogP contribution in [0.3, 0.4) is 0 Å². The van der Waals surface area contributed by atoms with Crippen molar-refractivity contribution in [3.63, 3.8) is 0 Å². The highest BCUT2D eigenvalue weighted by Crippen LogP contribution is 2.45. The highest BCUT2D eigenvalue weighted by molar-refractivity contribution is 5.10. The van der Waals surface area contributed by atoms with E-state index in [2.05, 4.69) is 45.2 Å². The zero-order valence-electron chi connectivity index (χ0n) is 16.1. The molecule has 0 saturated heterocycles. The van der Waals surface area contributed by atoms with Gasteiger partial charge in [0.05, 0.1) is 6.20 Å². The van der Waals surface area contributed by atoms with E-state index < -0.39 is 0 Å². The van der Waals surface area contributed by atoms with Crippen molar-refractivity contribution in [3.05, 3.63) is 18.0 Å². The number of hydrogen-bond donors (Lipinski definition) is 0. The Kier molecular flexibility index (Phi) is 7.17. The maximum atomic E-state index is 4.35. The molecule has 1 heterocycles. The first kappa shape index (κ1) is 18.5. The highest BCUT2D eigenvalue weighted by Gasteiger charge is 2.35. The molecule has 0 aromatic carbocycles. The monoisotopic (exact) mass is 318 g/mol. The van der Waals surface area contributed by atoms with E-state index in [1.807, 2.05) is 11.7 Å². The van der Waals surface area contributed by atoms with Gasteiger partial charge in [0.25, 0.3) is 0 Å². The lowest BCUT2D eigenvalue weighted by Crippen LogP contribution is -2.13. The van der Waals surface area contributed by atoms with E-state index in [0.29, 0.717) is 5.92 Å².